The van der Waals surface area contributed by atoms with Crippen molar-refractivity contribution >= 4 is 11.6 Å². The van der Waals surface area contributed by atoms with E-state index in [0.29, 0.717) is 18.1 Å². The fourth-order valence-electron chi connectivity index (χ4n) is 2.25. The summed E-state index contributed by atoms with van der Waals surface area (Å²) in [6.07, 6.45) is 6.36. The molecule has 0 amide bonds. The maximum absolute atomic E-state index is 10.2. The molecule has 18 heavy (non-hydrogen) atoms. The van der Waals surface area contributed by atoms with Gasteiger partial charge in [-0.3, -0.25) is 4.68 Å². The lowest BCUT2D eigenvalue weighted by molar-refractivity contribution is 0.0172. The van der Waals surface area contributed by atoms with Gasteiger partial charge in [0.15, 0.2) is 0 Å². The zero-order valence-corrected chi connectivity index (χ0v) is 11.3. The Balaban J connectivity index is 1.58. The van der Waals surface area contributed by atoms with Gasteiger partial charge in [0, 0.05) is 25.8 Å². The Bertz CT molecular complexity index is 363. The molecule has 1 unspecified atom stereocenters. The molecule has 2 rings (SSSR count). The van der Waals surface area contributed by atoms with Crippen molar-refractivity contribution in [1.29, 1.82) is 0 Å². The van der Waals surface area contributed by atoms with Crippen LogP contribution in [0.4, 0.5) is 0 Å². The first-order chi connectivity index (χ1) is 8.68. The molecule has 1 aromatic rings. The van der Waals surface area contributed by atoms with Crippen molar-refractivity contribution in [3.05, 3.63) is 17.4 Å². The van der Waals surface area contributed by atoms with E-state index in [0.717, 1.165) is 38.9 Å². The van der Waals surface area contributed by atoms with Crippen LogP contribution in [-0.2, 0) is 6.54 Å². The Labute approximate surface area is 113 Å². The van der Waals surface area contributed by atoms with Crippen molar-refractivity contribution < 1.29 is 5.11 Å². The second kappa shape index (κ2) is 6.52. The van der Waals surface area contributed by atoms with E-state index < -0.39 is 5.60 Å². The zero-order chi connectivity index (χ0) is 12.8. The first-order valence-electron chi connectivity index (χ1n) is 6.50. The Morgan fingerprint density at radius 1 is 1.61 bits per heavy atom. The Hall–Kier alpha value is -0.620. The molecule has 1 saturated heterocycles. The van der Waals surface area contributed by atoms with Crippen LogP contribution < -0.4 is 10.6 Å². The largest absolute Gasteiger partial charge is 0.387 e. The highest BCUT2D eigenvalue weighted by Crippen LogP contribution is 2.14. The second-order valence-electron chi connectivity index (χ2n) is 4.96. The van der Waals surface area contributed by atoms with E-state index in [1.807, 2.05) is 10.9 Å². The van der Waals surface area contributed by atoms with Crippen LogP contribution in [0.2, 0.25) is 5.02 Å². The summed E-state index contributed by atoms with van der Waals surface area (Å²) in [6.45, 7) is 4.08. The Morgan fingerprint density at radius 3 is 3.17 bits per heavy atom. The molecule has 6 heteroatoms. The van der Waals surface area contributed by atoms with Gasteiger partial charge in [-0.2, -0.15) is 5.10 Å². The standard InChI is InChI=1S/C12H21ClN4O/c13-11-7-16-17(8-11)6-2-5-15-10-12(18)3-1-4-14-9-12/h7-8,14-15,18H,1-6,9-10H2. The minimum Gasteiger partial charge on any atom is -0.387 e. The smallest absolute Gasteiger partial charge is 0.0895 e. The number of aryl methyl sites for hydroxylation is 1. The third-order valence-corrected chi connectivity index (χ3v) is 3.44. The van der Waals surface area contributed by atoms with Crippen LogP contribution in [-0.4, -0.2) is 46.7 Å². The molecular weight excluding hydrogens is 252 g/mol. The first kappa shape index (κ1) is 13.8. The number of aliphatic hydroxyl groups is 1. The molecule has 1 aliphatic rings. The lowest BCUT2D eigenvalue weighted by atomic mass is 9.94. The van der Waals surface area contributed by atoms with Crippen LogP contribution in [0.5, 0.6) is 0 Å². The quantitative estimate of drug-likeness (QED) is 0.665. The summed E-state index contributed by atoms with van der Waals surface area (Å²) >= 11 is 5.78. The summed E-state index contributed by atoms with van der Waals surface area (Å²) in [5.74, 6) is 0. The molecule has 0 aliphatic carbocycles. The van der Waals surface area contributed by atoms with Gasteiger partial charge in [0.25, 0.3) is 0 Å². The van der Waals surface area contributed by atoms with Crippen LogP contribution in [0, 0.1) is 0 Å². The van der Waals surface area contributed by atoms with Crippen molar-refractivity contribution in [2.75, 3.05) is 26.2 Å². The summed E-state index contributed by atoms with van der Waals surface area (Å²) in [7, 11) is 0. The van der Waals surface area contributed by atoms with Gasteiger partial charge in [0.05, 0.1) is 16.8 Å². The zero-order valence-electron chi connectivity index (χ0n) is 10.5. The lowest BCUT2D eigenvalue weighted by Crippen LogP contribution is -2.52. The maximum Gasteiger partial charge on any atom is 0.0895 e. The average Bonchev–Trinajstić information content (AvgIpc) is 2.75. The van der Waals surface area contributed by atoms with Gasteiger partial charge in [-0.25, -0.2) is 0 Å². The van der Waals surface area contributed by atoms with Gasteiger partial charge < -0.3 is 15.7 Å². The van der Waals surface area contributed by atoms with Crippen molar-refractivity contribution in [2.24, 2.45) is 0 Å². The molecule has 2 heterocycles. The van der Waals surface area contributed by atoms with E-state index in [4.69, 9.17) is 11.6 Å². The molecule has 102 valence electrons. The van der Waals surface area contributed by atoms with Gasteiger partial charge in [-0.05, 0) is 32.4 Å². The third kappa shape index (κ3) is 4.24. The number of nitrogens with zero attached hydrogens (tertiary/aromatic N) is 2. The molecule has 1 aromatic heterocycles. The van der Waals surface area contributed by atoms with Gasteiger partial charge in [-0.1, -0.05) is 11.6 Å². The van der Waals surface area contributed by atoms with Crippen LogP contribution >= 0.6 is 11.6 Å². The van der Waals surface area contributed by atoms with Gasteiger partial charge >= 0.3 is 0 Å². The average molecular weight is 273 g/mol. The van der Waals surface area contributed by atoms with Gasteiger partial charge in [-0.15, -0.1) is 0 Å². The van der Waals surface area contributed by atoms with E-state index in [2.05, 4.69) is 15.7 Å². The monoisotopic (exact) mass is 272 g/mol. The fourth-order valence-corrected chi connectivity index (χ4v) is 2.41. The minimum absolute atomic E-state index is 0.576. The number of hydrogen-bond donors (Lipinski definition) is 3. The van der Waals surface area contributed by atoms with E-state index in [1.54, 1.807) is 6.20 Å². The molecule has 0 saturated carbocycles. The van der Waals surface area contributed by atoms with E-state index in [-0.39, 0.29) is 0 Å². The number of aromatic nitrogens is 2. The Morgan fingerprint density at radius 2 is 2.50 bits per heavy atom. The molecule has 0 aromatic carbocycles. The van der Waals surface area contributed by atoms with Crippen molar-refractivity contribution in [1.82, 2.24) is 20.4 Å². The summed E-state index contributed by atoms with van der Waals surface area (Å²) in [5.41, 5.74) is -0.576. The molecule has 0 bridgehead atoms. The molecule has 3 N–H and O–H groups in total. The summed E-state index contributed by atoms with van der Waals surface area (Å²) in [6, 6.07) is 0. The highest BCUT2D eigenvalue weighted by Gasteiger charge is 2.28. The van der Waals surface area contributed by atoms with Crippen molar-refractivity contribution in [3.63, 3.8) is 0 Å². The molecule has 1 fully saturated rings. The lowest BCUT2D eigenvalue weighted by Gasteiger charge is -2.32. The SMILES string of the molecule is OC1(CNCCCn2cc(Cl)cn2)CCCNC1. The summed E-state index contributed by atoms with van der Waals surface area (Å²) in [5, 5.41) is 21.6. The number of halogens is 1. The van der Waals surface area contributed by atoms with Crippen molar-refractivity contribution in [3.8, 4) is 0 Å². The number of piperidine rings is 1. The topological polar surface area (TPSA) is 62.1 Å². The van der Waals surface area contributed by atoms with Crippen molar-refractivity contribution in [2.45, 2.75) is 31.4 Å². The van der Waals surface area contributed by atoms with E-state index >= 15 is 0 Å². The molecule has 0 radical (unpaired) electrons. The fraction of sp³-hybridized carbons (Fsp3) is 0.750. The predicted octanol–water partition coefficient (Wildman–Crippen LogP) is 0.631. The van der Waals surface area contributed by atoms with Gasteiger partial charge in [0.1, 0.15) is 0 Å². The third-order valence-electron chi connectivity index (χ3n) is 3.25. The van der Waals surface area contributed by atoms with E-state index in [1.165, 1.54) is 0 Å². The van der Waals surface area contributed by atoms with Crippen LogP contribution in [0.1, 0.15) is 19.3 Å². The highest BCUT2D eigenvalue weighted by molar-refractivity contribution is 6.30. The first-order valence-corrected chi connectivity index (χ1v) is 6.88. The summed E-state index contributed by atoms with van der Waals surface area (Å²) < 4.78 is 1.83. The molecule has 1 aliphatic heterocycles. The van der Waals surface area contributed by atoms with Crippen LogP contribution in [0.15, 0.2) is 12.4 Å². The maximum atomic E-state index is 10.2. The molecule has 5 nitrogen and oxygen atoms in total. The predicted molar refractivity (Wildman–Crippen MR) is 71.8 cm³/mol. The number of nitrogens with one attached hydrogen (secondary N) is 2. The molecular formula is C12H21ClN4O. The minimum atomic E-state index is -0.576. The number of β-amino-alcohol motifs (C(OH)–C–C–N with tert-alkyl or cyclic N) is 1. The number of rotatable bonds is 6. The van der Waals surface area contributed by atoms with Crippen LogP contribution in [0.3, 0.4) is 0 Å². The van der Waals surface area contributed by atoms with E-state index in [9.17, 15) is 5.11 Å². The second-order valence-corrected chi connectivity index (χ2v) is 5.39. The Kier molecular flexibility index (Phi) is 5.00. The highest BCUT2D eigenvalue weighted by atomic mass is 35.5. The van der Waals surface area contributed by atoms with Crippen LogP contribution in [0.25, 0.3) is 0 Å². The normalized spacial score (nSPS) is 24.3. The summed E-state index contributed by atoms with van der Waals surface area (Å²) in [4.78, 5) is 0. The number of hydrogen-bond acceptors (Lipinski definition) is 4. The molecule has 1 atom stereocenters. The van der Waals surface area contributed by atoms with Gasteiger partial charge in [0.2, 0.25) is 0 Å². The molecule has 0 spiro atoms.